The number of rotatable bonds is 2. The normalized spacial score (nSPS) is 22.7. The van der Waals surface area contributed by atoms with Crippen molar-refractivity contribution in [2.45, 2.75) is 18.5 Å². The highest BCUT2D eigenvalue weighted by molar-refractivity contribution is 5.95. The van der Waals surface area contributed by atoms with Gasteiger partial charge in [0.05, 0.1) is 24.0 Å². The van der Waals surface area contributed by atoms with E-state index in [0.29, 0.717) is 19.5 Å². The Balaban J connectivity index is 1.54. The summed E-state index contributed by atoms with van der Waals surface area (Å²) in [4.78, 5) is 27.9. The molecule has 2 saturated heterocycles. The number of hydrogen-bond acceptors (Lipinski definition) is 4. The first kappa shape index (κ1) is 15.5. The van der Waals surface area contributed by atoms with Gasteiger partial charge in [-0.15, -0.1) is 0 Å². The Hall–Kier alpha value is -3.03. The lowest BCUT2D eigenvalue weighted by Crippen LogP contribution is -2.52. The Morgan fingerprint density at radius 2 is 2.08 bits per heavy atom. The van der Waals surface area contributed by atoms with Crippen LogP contribution in [-0.2, 0) is 0 Å². The largest absolute Gasteiger partial charge is 0.504 e. The van der Waals surface area contributed by atoms with Crippen molar-refractivity contribution in [3.8, 4) is 11.4 Å². The zero-order chi connectivity index (χ0) is 17.6. The van der Waals surface area contributed by atoms with Crippen LogP contribution in [0.25, 0.3) is 5.69 Å². The topological polar surface area (TPSA) is 90.7 Å². The van der Waals surface area contributed by atoms with Gasteiger partial charge in [-0.25, -0.2) is 9.48 Å². The van der Waals surface area contributed by atoms with Crippen LogP contribution in [0.4, 0.5) is 4.79 Å². The molecule has 0 radical (unpaired) electrons. The van der Waals surface area contributed by atoms with Crippen LogP contribution >= 0.6 is 0 Å². The number of para-hydroxylation sites is 1. The molecule has 8 heteroatoms. The summed E-state index contributed by atoms with van der Waals surface area (Å²) in [6.07, 6.45) is 2.13. The lowest BCUT2D eigenvalue weighted by Gasteiger charge is -2.35. The van der Waals surface area contributed by atoms with Crippen LogP contribution in [0.3, 0.4) is 0 Å². The van der Waals surface area contributed by atoms with Crippen LogP contribution in [0.2, 0.25) is 0 Å². The van der Waals surface area contributed by atoms with Gasteiger partial charge < -0.3 is 20.2 Å². The summed E-state index contributed by atoms with van der Waals surface area (Å²) in [5.74, 6) is -0.474. The van der Waals surface area contributed by atoms with Gasteiger partial charge in [-0.05, 0) is 18.6 Å². The predicted octanol–water partition coefficient (Wildman–Crippen LogP) is 0.816. The number of nitrogens with zero attached hydrogens (tertiary/aromatic N) is 4. The maximum Gasteiger partial charge on any atom is 0.317 e. The number of likely N-dealkylation sites (tertiary alicyclic amines) is 1. The van der Waals surface area contributed by atoms with Crippen molar-refractivity contribution in [1.29, 1.82) is 0 Å². The lowest BCUT2D eigenvalue weighted by atomic mass is 10.00. The Bertz CT molecular complexity index is 819. The number of amides is 3. The average molecular weight is 341 g/mol. The molecule has 3 amide bonds. The zero-order valence-electron chi connectivity index (χ0n) is 13.8. The third-order valence-electron chi connectivity index (χ3n) is 4.91. The highest BCUT2D eigenvalue weighted by Gasteiger charge is 2.42. The molecule has 0 spiro atoms. The van der Waals surface area contributed by atoms with Crippen LogP contribution in [-0.4, -0.2) is 68.8 Å². The van der Waals surface area contributed by atoms with E-state index in [-0.39, 0.29) is 35.5 Å². The monoisotopic (exact) mass is 341 g/mol. The smallest absolute Gasteiger partial charge is 0.317 e. The van der Waals surface area contributed by atoms with Gasteiger partial charge in [0.25, 0.3) is 5.91 Å². The molecule has 0 bridgehead atoms. The van der Waals surface area contributed by atoms with Gasteiger partial charge in [-0.2, -0.15) is 5.10 Å². The van der Waals surface area contributed by atoms with Crippen molar-refractivity contribution >= 4 is 11.9 Å². The fourth-order valence-corrected chi connectivity index (χ4v) is 3.52. The van der Waals surface area contributed by atoms with Gasteiger partial charge in [0.2, 0.25) is 0 Å². The van der Waals surface area contributed by atoms with Crippen LogP contribution < -0.4 is 5.32 Å². The first-order valence-electron chi connectivity index (χ1n) is 8.21. The molecule has 2 aliphatic rings. The number of carbonyl (C=O) groups is 2. The molecule has 2 atom stereocenters. The molecule has 25 heavy (non-hydrogen) atoms. The number of aromatic nitrogens is 2. The lowest BCUT2D eigenvalue weighted by molar-refractivity contribution is 0.0657. The van der Waals surface area contributed by atoms with E-state index in [0.717, 1.165) is 5.69 Å². The van der Waals surface area contributed by atoms with Crippen LogP contribution in [0.15, 0.2) is 36.5 Å². The molecule has 130 valence electrons. The minimum atomic E-state index is -0.325. The van der Waals surface area contributed by atoms with Gasteiger partial charge in [0, 0.05) is 20.1 Å². The Kier molecular flexibility index (Phi) is 3.60. The standard InChI is InChI=1S/C17H19N5O3/c1-20-13-7-8-21(9-12(13)18-17(20)25)16(24)15-14(23)10-22(19-15)11-5-3-2-4-6-11/h2-6,10,12-13,23H,7-9H2,1H3,(H,18,25)/t12-,13+/m1/s1. The number of fused-ring (bicyclic) bond motifs is 1. The van der Waals surface area contributed by atoms with E-state index in [1.165, 1.54) is 10.9 Å². The van der Waals surface area contributed by atoms with E-state index >= 15 is 0 Å². The van der Waals surface area contributed by atoms with Gasteiger partial charge >= 0.3 is 6.03 Å². The number of benzene rings is 1. The number of urea groups is 1. The molecular weight excluding hydrogens is 322 g/mol. The molecule has 1 aromatic heterocycles. The summed E-state index contributed by atoms with van der Waals surface area (Å²) >= 11 is 0. The molecule has 2 aliphatic heterocycles. The molecule has 1 aromatic carbocycles. The summed E-state index contributed by atoms with van der Waals surface area (Å²) in [5.41, 5.74) is 0.792. The Labute approximate surface area is 144 Å². The third-order valence-corrected chi connectivity index (χ3v) is 4.91. The molecule has 0 aliphatic carbocycles. The van der Waals surface area contributed by atoms with E-state index in [9.17, 15) is 14.7 Å². The molecular formula is C17H19N5O3. The Morgan fingerprint density at radius 3 is 2.84 bits per heavy atom. The summed E-state index contributed by atoms with van der Waals surface area (Å²) in [5, 5.41) is 17.3. The van der Waals surface area contributed by atoms with Crippen LogP contribution in [0.5, 0.6) is 5.75 Å². The fourth-order valence-electron chi connectivity index (χ4n) is 3.52. The molecule has 3 heterocycles. The molecule has 0 unspecified atom stereocenters. The molecule has 4 rings (SSSR count). The number of aromatic hydroxyl groups is 1. The van der Waals surface area contributed by atoms with E-state index < -0.39 is 0 Å². The SMILES string of the molecule is CN1C(=O)N[C@@H]2CN(C(=O)c3nn(-c4ccccc4)cc3O)CC[C@@H]21. The molecule has 2 aromatic rings. The first-order chi connectivity index (χ1) is 12.0. The number of piperidine rings is 1. The third kappa shape index (κ3) is 2.59. The first-order valence-corrected chi connectivity index (χ1v) is 8.21. The van der Waals surface area contributed by atoms with Crippen LogP contribution in [0.1, 0.15) is 16.9 Å². The van der Waals surface area contributed by atoms with Gasteiger partial charge in [0.15, 0.2) is 11.4 Å². The van der Waals surface area contributed by atoms with E-state index in [4.69, 9.17) is 0 Å². The number of carbonyl (C=O) groups excluding carboxylic acids is 2. The number of hydrogen-bond donors (Lipinski definition) is 2. The van der Waals surface area contributed by atoms with Gasteiger partial charge in [-0.1, -0.05) is 18.2 Å². The average Bonchev–Trinajstić information content (AvgIpc) is 3.15. The maximum atomic E-state index is 12.8. The summed E-state index contributed by atoms with van der Waals surface area (Å²) in [6.45, 7) is 0.939. The van der Waals surface area contributed by atoms with Crippen molar-refractivity contribution in [3.05, 3.63) is 42.2 Å². The zero-order valence-corrected chi connectivity index (χ0v) is 13.8. The van der Waals surface area contributed by atoms with E-state index in [2.05, 4.69) is 10.4 Å². The minimum absolute atomic E-state index is 0.0278. The molecule has 8 nitrogen and oxygen atoms in total. The molecule has 0 saturated carbocycles. The summed E-state index contributed by atoms with van der Waals surface area (Å²) in [6, 6.07) is 9.20. The molecule has 2 fully saturated rings. The van der Waals surface area contributed by atoms with Crippen molar-refractivity contribution in [3.63, 3.8) is 0 Å². The number of nitrogens with one attached hydrogen (secondary N) is 1. The summed E-state index contributed by atoms with van der Waals surface area (Å²) in [7, 11) is 1.77. The predicted molar refractivity (Wildman–Crippen MR) is 89.6 cm³/mol. The minimum Gasteiger partial charge on any atom is -0.504 e. The second-order valence-corrected chi connectivity index (χ2v) is 6.42. The van der Waals surface area contributed by atoms with Gasteiger partial charge in [0.1, 0.15) is 0 Å². The Morgan fingerprint density at radius 1 is 1.32 bits per heavy atom. The maximum absolute atomic E-state index is 12.8. The highest BCUT2D eigenvalue weighted by Crippen LogP contribution is 2.25. The van der Waals surface area contributed by atoms with Crippen molar-refractivity contribution < 1.29 is 14.7 Å². The van der Waals surface area contributed by atoms with Crippen molar-refractivity contribution in [2.24, 2.45) is 0 Å². The quantitative estimate of drug-likeness (QED) is 0.846. The van der Waals surface area contributed by atoms with Crippen molar-refractivity contribution in [1.82, 2.24) is 24.9 Å². The van der Waals surface area contributed by atoms with Gasteiger partial charge in [-0.3, -0.25) is 4.79 Å². The second kappa shape index (κ2) is 5.80. The fraction of sp³-hybridized carbons (Fsp3) is 0.353. The van der Waals surface area contributed by atoms with E-state index in [1.54, 1.807) is 16.8 Å². The van der Waals surface area contributed by atoms with Crippen LogP contribution in [0, 0.1) is 0 Å². The molecule has 2 N–H and O–H groups in total. The second-order valence-electron chi connectivity index (χ2n) is 6.42. The highest BCUT2D eigenvalue weighted by atomic mass is 16.3. The summed E-state index contributed by atoms with van der Waals surface area (Å²) < 4.78 is 1.49. The van der Waals surface area contributed by atoms with E-state index in [1.807, 2.05) is 30.3 Å². The van der Waals surface area contributed by atoms with Crippen molar-refractivity contribution in [2.75, 3.05) is 20.1 Å². The number of likely N-dealkylation sites (N-methyl/N-ethyl adjacent to an activating group) is 1.